The Labute approximate surface area is 206 Å². The van der Waals surface area contributed by atoms with E-state index >= 15 is 0 Å². The normalized spacial score (nSPS) is 16.0. The zero-order valence-electron chi connectivity index (χ0n) is 20.5. The molecule has 0 N–H and O–H groups in total. The number of anilines is 1. The summed E-state index contributed by atoms with van der Waals surface area (Å²) in [6.07, 6.45) is 0.932. The predicted octanol–water partition coefficient (Wildman–Crippen LogP) is 2.93. The molecule has 2 heterocycles. The Morgan fingerprint density at radius 2 is 1.83 bits per heavy atom. The Hall–Kier alpha value is -3.39. The SMILES string of the molecule is CCN1CCN(C(=O)CCCN2C(=O)COc3ccc(C(=O)COc4ccccc4C)cc32)CC1. The molecule has 0 bridgehead atoms. The number of carbonyl (C=O) groups is 3. The maximum atomic E-state index is 12.8. The Bertz CT molecular complexity index is 1080. The number of ether oxygens (including phenoxy) is 2. The van der Waals surface area contributed by atoms with Crippen LogP contribution in [0.3, 0.4) is 0 Å². The van der Waals surface area contributed by atoms with Gasteiger partial charge in [0.15, 0.2) is 19.0 Å². The average Bonchev–Trinajstić information content (AvgIpc) is 2.89. The quantitative estimate of drug-likeness (QED) is 0.515. The van der Waals surface area contributed by atoms with Crippen molar-refractivity contribution in [3.05, 3.63) is 53.6 Å². The Balaban J connectivity index is 1.36. The summed E-state index contributed by atoms with van der Waals surface area (Å²) in [7, 11) is 0. The second-order valence-corrected chi connectivity index (χ2v) is 8.91. The first-order valence-electron chi connectivity index (χ1n) is 12.2. The second kappa shape index (κ2) is 11.4. The van der Waals surface area contributed by atoms with E-state index in [0.29, 0.717) is 42.1 Å². The third-order valence-electron chi connectivity index (χ3n) is 6.62. The van der Waals surface area contributed by atoms with Gasteiger partial charge in [0.1, 0.15) is 11.5 Å². The highest BCUT2D eigenvalue weighted by Crippen LogP contribution is 2.33. The molecule has 2 amide bonds. The summed E-state index contributed by atoms with van der Waals surface area (Å²) < 4.78 is 11.3. The molecule has 0 saturated carbocycles. The van der Waals surface area contributed by atoms with Gasteiger partial charge in [0.05, 0.1) is 5.69 Å². The number of benzene rings is 2. The molecule has 0 aliphatic carbocycles. The molecule has 0 atom stereocenters. The fourth-order valence-electron chi connectivity index (χ4n) is 4.43. The van der Waals surface area contributed by atoms with Gasteiger partial charge in [-0.1, -0.05) is 25.1 Å². The van der Waals surface area contributed by atoms with Crippen LogP contribution in [0.1, 0.15) is 35.7 Å². The van der Waals surface area contributed by atoms with Gasteiger partial charge in [0, 0.05) is 44.7 Å². The van der Waals surface area contributed by atoms with Crippen molar-refractivity contribution in [2.45, 2.75) is 26.7 Å². The largest absolute Gasteiger partial charge is 0.485 e. The first-order valence-corrected chi connectivity index (χ1v) is 12.2. The van der Waals surface area contributed by atoms with Crippen LogP contribution in [0, 0.1) is 6.92 Å². The zero-order valence-corrected chi connectivity index (χ0v) is 20.5. The smallest absolute Gasteiger partial charge is 0.265 e. The summed E-state index contributed by atoms with van der Waals surface area (Å²) >= 11 is 0. The fraction of sp³-hybridized carbons (Fsp3) is 0.444. The molecule has 4 rings (SSSR count). The lowest BCUT2D eigenvalue weighted by Crippen LogP contribution is -2.48. The van der Waals surface area contributed by atoms with Gasteiger partial charge in [0.25, 0.3) is 5.91 Å². The van der Waals surface area contributed by atoms with Crippen LogP contribution in [-0.4, -0.2) is 79.9 Å². The topological polar surface area (TPSA) is 79.4 Å². The van der Waals surface area contributed by atoms with Crippen molar-refractivity contribution < 1.29 is 23.9 Å². The molecular weight excluding hydrogens is 446 g/mol. The summed E-state index contributed by atoms with van der Waals surface area (Å²) in [5.41, 5.74) is 1.97. The number of carbonyl (C=O) groups excluding carboxylic acids is 3. The van der Waals surface area contributed by atoms with E-state index in [1.165, 1.54) is 0 Å². The van der Waals surface area contributed by atoms with Gasteiger partial charge in [-0.2, -0.15) is 0 Å². The molecule has 8 heteroatoms. The second-order valence-electron chi connectivity index (χ2n) is 8.91. The summed E-state index contributed by atoms with van der Waals surface area (Å²) in [5.74, 6) is 0.986. The van der Waals surface area contributed by atoms with Crippen LogP contribution in [0.15, 0.2) is 42.5 Å². The number of rotatable bonds is 9. The average molecular weight is 480 g/mol. The van der Waals surface area contributed by atoms with Crippen LogP contribution < -0.4 is 14.4 Å². The van der Waals surface area contributed by atoms with Gasteiger partial charge in [-0.3, -0.25) is 14.4 Å². The molecule has 1 saturated heterocycles. The van der Waals surface area contributed by atoms with E-state index in [1.54, 1.807) is 23.1 Å². The number of hydrogen-bond donors (Lipinski definition) is 0. The molecule has 2 aromatic carbocycles. The molecule has 0 spiro atoms. The molecule has 1 fully saturated rings. The maximum absolute atomic E-state index is 12.8. The zero-order chi connectivity index (χ0) is 24.8. The third-order valence-corrected chi connectivity index (χ3v) is 6.62. The number of ketones is 1. The third kappa shape index (κ3) is 6.00. The molecule has 0 radical (unpaired) electrons. The number of hydrogen-bond acceptors (Lipinski definition) is 6. The van der Waals surface area contributed by atoms with Crippen molar-refractivity contribution in [2.24, 2.45) is 0 Å². The number of fused-ring (bicyclic) bond motifs is 1. The lowest BCUT2D eigenvalue weighted by Gasteiger charge is -2.34. The lowest BCUT2D eigenvalue weighted by molar-refractivity contribution is -0.133. The van der Waals surface area contributed by atoms with Crippen LogP contribution in [0.5, 0.6) is 11.5 Å². The van der Waals surface area contributed by atoms with Crippen LogP contribution in [-0.2, 0) is 9.59 Å². The number of nitrogens with zero attached hydrogens (tertiary/aromatic N) is 3. The molecular formula is C27H33N3O5. The van der Waals surface area contributed by atoms with Crippen LogP contribution in [0.4, 0.5) is 5.69 Å². The summed E-state index contributed by atoms with van der Waals surface area (Å²) in [5, 5.41) is 0. The lowest BCUT2D eigenvalue weighted by atomic mass is 10.1. The van der Waals surface area contributed by atoms with E-state index in [4.69, 9.17) is 9.47 Å². The minimum Gasteiger partial charge on any atom is -0.485 e. The van der Waals surface area contributed by atoms with Crippen LogP contribution in [0.2, 0.25) is 0 Å². The van der Waals surface area contributed by atoms with E-state index in [0.717, 1.165) is 38.3 Å². The number of para-hydroxylation sites is 1. The van der Waals surface area contributed by atoms with Gasteiger partial charge in [-0.25, -0.2) is 0 Å². The minimum absolute atomic E-state index is 0.0520. The van der Waals surface area contributed by atoms with E-state index in [-0.39, 0.29) is 30.8 Å². The fourth-order valence-corrected chi connectivity index (χ4v) is 4.43. The van der Waals surface area contributed by atoms with Gasteiger partial charge >= 0.3 is 0 Å². The van der Waals surface area contributed by atoms with E-state index in [1.807, 2.05) is 36.1 Å². The van der Waals surface area contributed by atoms with Crippen molar-refractivity contribution in [3.63, 3.8) is 0 Å². The number of piperazine rings is 1. The highest BCUT2D eigenvalue weighted by atomic mass is 16.5. The summed E-state index contributed by atoms with van der Waals surface area (Å²) in [6, 6.07) is 12.6. The van der Waals surface area contributed by atoms with Crippen molar-refractivity contribution in [3.8, 4) is 11.5 Å². The first kappa shape index (κ1) is 24.7. The van der Waals surface area contributed by atoms with E-state index < -0.39 is 0 Å². The molecule has 8 nitrogen and oxygen atoms in total. The van der Waals surface area contributed by atoms with Gasteiger partial charge < -0.3 is 24.2 Å². The minimum atomic E-state index is -0.185. The predicted molar refractivity (Wildman–Crippen MR) is 133 cm³/mol. The summed E-state index contributed by atoms with van der Waals surface area (Å²) in [6.45, 7) is 8.62. The number of likely N-dealkylation sites (N-methyl/N-ethyl adjacent to an activating group) is 1. The molecule has 2 aromatic rings. The first-order chi connectivity index (χ1) is 17.0. The Morgan fingerprint density at radius 1 is 1.06 bits per heavy atom. The molecule has 0 unspecified atom stereocenters. The number of amides is 2. The van der Waals surface area contributed by atoms with Crippen molar-refractivity contribution in [1.82, 2.24) is 9.80 Å². The van der Waals surface area contributed by atoms with Gasteiger partial charge in [0.2, 0.25) is 5.91 Å². The number of aryl methyl sites for hydroxylation is 1. The van der Waals surface area contributed by atoms with E-state index in [9.17, 15) is 14.4 Å². The Kier molecular flexibility index (Phi) is 8.02. The van der Waals surface area contributed by atoms with Crippen LogP contribution >= 0.6 is 0 Å². The molecule has 2 aliphatic heterocycles. The molecule has 0 aromatic heterocycles. The van der Waals surface area contributed by atoms with E-state index in [2.05, 4.69) is 11.8 Å². The number of Topliss-reactive ketones (excluding diaryl/α,β-unsaturated/α-hetero) is 1. The highest BCUT2D eigenvalue weighted by Gasteiger charge is 2.27. The molecule has 2 aliphatic rings. The van der Waals surface area contributed by atoms with Crippen molar-refractivity contribution in [2.75, 3.05) is 57.4 Å². The van der Waals surface area contributed by atoms with Crippen LogP contribution in [0.25, 0.3) is 0 Å². The van der Waals surface area contributed by atoms with Crippen molar-refractivity contribution >= 4 is 23.3 Å². The van der Waals surface area contributed by atoms with Crippen molar-refractivity contribution in [1.29, 1.82) is 0 Å². The van der Waals surface area contributed by atoms with Gasteiger partial charge in [-0.15, -0.1) is 0 Å². The standard InChI is InChI=1S/C27H33N3O5/c1-3-28-13-15-29(16-14-28)26(32)9-6-12-30-22-17-21(10-11-25(22)35-19-27(30)33)23(31)18-34-24-8-5-4-7-20(24)2/h4-5,7-8,10-11,17H,3,6,9,12-16,18-19H2,1-2H3. The monoisotopic (exact) mass is 479 g/mol. The maximum Gasteiger partial charge on any atom is 0.265 e. The molecule has 35 heavy (non-hydrogen) atoms. The molecule has 186 valence electrons. The Morgan fingerprint density at radius 3 is 2.57 bits per heavy atom. The van der Waals surface area contributed by atoms with Gasteiger partial charge in [-0.05, 0) is 49.7 Å². The summed E-state index contributed by atoms with van der Waals surface area (Å²) in [4.78, 5) is 43.9. The highest BCUT2D eigenvalue weighted by molar-refractivity contribution is 6.02.